The number of hydrogen-bond donors (Lipinski definition) is 0. The highest BCUT2D eigenvalue weighted by Gasteiger charge is 2.37. The first-order valence-corrected chi connectivity index (χ1v) is 8.38. The fourth-order valence-corrected chi connectivity index (χ4v) is 4.37. The van der Waals surface area contributed by atoms with E-state index in [-0.39, 0.29) is 6.04 Å². The molecule has 0 radical (unpaired) electrons. The van der Waals surface area contributed by atoms with Crippen molar-refractivity contribution in [1.29, 1.82) is 0 Å². The molecule has 3 heterocycles. The molecule has 0 saturated carbocycles. The third-order valence-corrected chi connectivity index (χ3v) is 5.59. The van der Waals surface area contributed by atoms with Gasteiger partial charge in [-0.15, -0.1) is 0 Å². The Labute approximate surface area is 126 Å². The fourth-order valence-electron chi connectivity index (χ4n) is 4.37. The van der Waals surface area contributed by atoms with E-state index in [4.69, 9.17) is 0 Å². The molecule has 2 bridgehead atoms. The molecular weight excluding hydrogens is 260 g/mol. The number of aryl methyl sites for hydroxylation is 1. The maximum absolute atomic E-state index is 12.8. The van der Waals surface area contributed by atoms with E-state index in [1.165, 1.54) is 30.4 Å². The highest BCUT2D eigenvalue weighted by Crippen LogP contribution is 2.34. The van der Waals surface area contributed by atoms with Crippen LogP contribution in [0.2, 0.25) is 0 Å². The minimum atomic E-state index is 0.168. The summed E-state index contributed by atoms with van der Waals surface area (Å²) in [6.07, 6.45) is 4.34. The number of hydrogen-bond acceptors (Lipinski definition) is 3. The number of ketones is 1. The van der Waals surface area contributed by atoms with Gasteiger partial charge in [-0.05, 0) is 36.3 Å². The van der Waals surface area contributed by atoms with Gasteiger partial charge in [0.15, 0.2) is 5.78 Å². The molecule has 21 heavy (non-hydrogen) atoms. The van der Waals surface area contributed by atoms with Crippen LogP contribution in [-0.4, -0.2) is 54.3 Å². The van der Waals surface area contributed by atoms with E-state index in [2.05, 4.69) is 34.1 Å². The Morgan fingerprint density at radius 1 is 1.14 bits per heavy atom. The highest BCUT2D eigenvalue weighted by molar-refractivity contribution is 5.85. The van der Waals surface area contributed by atoms with Crippen molar-refractivity contribution in [2.45, 2.75) is 37.6 Å². The van der Waals surface area contributed by atoms with Crippen LogP contribution < -0.4 is 0 Å². The summed E-state index contributed by atoms with van der Waals surface area (Å²) in [4.78, 5) is 17.7. The average molecular weight is 284 g/mol. The van der Waals surface area contributed by atoms with Crippen molar-refractivity contribution in [2.24, 2.45) is 0 Å². The summed E-state index contributed by atoms with van der Waals surface area (Å²) in [7, 11) is 0. The second kappa shape index (κ2) is 5.54. The number of benzene rings is 1. The summed E-state index contributed by atoms with van der Waals surface area (Å²) in [5.74, 6) is 0.931. The van der Waals surface area contributed by atoms with Crippen molar-refractivity contribution >= 4 is 5.78 Å². The molecule has 3 heteroatoms. The molecule has 5 rings (SSSR count). The molecule has 0 aromatic heterocycles. The number of piperazine rings is 3. The third-order valence-electron chi connectivity index (χ3n) is 5.59. The summed E-state index contributed by atoms with van der Waals surface area (Å²) in [6, 6.07) is 8.90. The maximum atomic E-state index is 12.8. The monoisotopic (exact) mass is 284 g/mol. The lowest BCUT2D eigenvalue weighted by atomic mass is 9.79. The van der Waals surface area contributed by atoms with Gasteiger partial charge in [-0.2, -0.15) is 0 Å². The van der Waals surface area contributed by atoms with E-state index in [9.17, 15) is 4.79 Å². The smallest absolute Gasteiger partial charge is 0.151 e. The summed E-state index contributed by atoms with van der Waals surface area (Å²) >= 11 is 0. The van der Waals surface area contributed by atoms with E-state index < -0.39 is 0 Å². The van der Waals surface area contributed by atoms with Crippen molar-refractivity contribution in [3.05, 3.63) is 35.4 Å². The van der Waals surface area contributed by atoms with Crippen molar-refractivity contribution in [2.75, 3.05) is 32.7 Å². The molecule has 0 amide bonds. The molecule has 0 spiro atoms. The van der Waals surface area contributed by atoms with Gasteiger partial charge < -0.3 is 0 Å². The summed E-state index contributed by atoms with van der Waals surface area (Å²) in [6.45, 7) is 5.43. The Morgan fingerprint density at radius 2 is 1.95 bits per heavy atom. The van der Waals surface area contributed by atoms with Gasteiger partial charge in [0.25, 0.3) is 0 Å². The second-order valence-corrected chi connectivity index (χ2v) is 6.81. The topological polar surface area (TPSA) is 23.6 Å². The second-order valence-electron chi connectivity index (χ2n) is 6.81. The predicted molar refractivity (Wildman–Crippen MR) is 83.5 cm³/mol. The zero-order valence-electron chi connectivity index (χ0n) is 12.6. The van der Waals surface area contributed by atoms with Gasteiger partial charge in [-0.1, -0.05) is 24.3 Å². The van der Waals surface area contributed by atoms with Gasteiger partial charge in [-0.3, -0.25) is 14.6 Å². The quantitative estimate of drug-likeness (QED) is 0.849. The zero-order valence-corrected chi connectivity index (χ0v) is 12.6. The Balaban J connectivity index is 1.48. The molecule has 1 aliphatic carbocycles. The Hall–Kier alpha value is -1.19. The molecule has 0 N–H and O–H groups in total. The Morgan fingerprint density at radius 3 is 2.71 bits per heavy atom. The van der Waals surface area contributed by atoms with Gasteiger partial charge in [0.1, 0.15) is 0 Å². The molecular formula is C18H24N2O. The van der Waals surface area contributed by atoms with Crippen molar-refractivity contribution in [3.8, 4) is 0 Å². The summed E-state index contributed by atoms with van der Waals surface area (Å²) < 4.78 is 0. The van der Waals surface area contributed by atoms with Crippen LogP contribution in [0.15, 0.2) is 24.3 Å². The minimum absolute atomic E-state index is 0.168. The zero-order chi connectivity index (χ0) is 14.2. The maximum Gasteiger partial charge on any atom is 0.151 e. The number of rotatable bonds is 3. The summed E-state index contributed by atoms with van der Waals surface area (Å²) in [5.41, 5.74) is 2.91. The van der Waals surface area contributed by atoms with Gasteiger partial charge >= 0.3 is 0 Å². The van der Waals surface area contributed by atoms with Crippen molar-refractivity contribution < 1.29 is 4.79 Å². The third kappa shape index (κ3) is 2.53. The van der Waals surface area contributed by atoms with Crippen molar-refractivity contribution in [3.63, 3.8) is 0 Å². The molecule has 1 aromatic carbocycles. The van der Waals surface area contributed by atoms with E-state index in [1.54, 1.807) is 0 Å². The van der Waals surface area contributed by atoms with Crippen LogP contribution in [-0.2, 0) is 11.2 Å². The first-order valence-electron chi connectivity index (χ1n) is 8.38. The van der Waals surface area contributed by atoms with E-state index in [0.717, 1.165) is 39.1 Å². The standard InChI is InChI=1S/C18H24N2O/c21-18(17-13-19-8-10-20(17)11-9-19)12-15-6-3-5-14-4-1-2-7-16(14)15/h1-2,4,7,15,17H,3,5-6,8-13H2. The molecule has 3 nitrogen and oxygen atoms in total. The Bertz CT molecular complexity index is 534. The number of Topliss-reactive ketones (excluding diaryl/α,β-unsaturated/α-hetero) is 1. The molecule has 3 fully saturated rings. The van der Waals surface area contributed by atoms with Gasteiger partial charge in [0.2, 0.25) is 0 Å². The van der Waals surface area contributed by atoms with Gasteiger partial charge in [0, 0.05) is 39.1 Å². The van der Waals surface area contributed by atoms with Gasteiger partial charge in [-0.25, -0.2) is 0 Å². The first kappa shape index (κ1) is 13.5. The lowest BCUT2D eigenvalue weighted by Gasteiger charge is -2.47. The number of carbonyl (C=O) groups excluding carboxylic acids is 1. The van der Waals surface area contributed by atoms with E-state index >= 15 is 0 Å². The number of carbonyl (C=O) groups is 1. The van der Waals surface area contributed by atoms with Crippen LogP contribution in [0.4, 0.5) is 0 Å². The lowest BCUT2D eigenvalue weighted by Crippen LogP contribution is -2.63. The molecule has 2 atom stereocenters. The van der Waals surface area contributed by atoms with Gasteiger partial charge in [0.05, 0.1) is 6.04 Å². The SMILES string of the molecule is O=C(CC1CCCc2ccccc21)C1CN2CCN1CC2. The molecule has 2 unspecified atom stereocenters. The number of nitrogens with zero attached hydrogens (tertiary/aromatic N) is 2. The Kier molecular flexibility index (Phi) is 3.56. The average Bonchev–Trinajstić information content (AvgIpc) is 2.56. The van der Waals surface area contributed by atoms with Crippen molar-refractivity contribution in [1.82, 2.24) is 9.80 Å². The summed E-state index contributed by atoms with van der Waals surface area (Å²) in [5, 5.41) is 0. The van der Waals surface area contributed by atoms with Crippen LogP contribution in [0.1, 0.15) is 36.3 Å². The molecule has 112 valence electrons. The largest absolute Gasteiger partial charge is 0.299 e. The molecule has 1 aromatic rings. The van der Waals surface area contributed by atoms with E-state index in [1.807, 2.05) is 0 Å². The van der Waals surface area contributed by atoms with Crippen LogP contribution in [0.5, 0.6) is 0 Å². The van der Waals surface area contributed by atoms with Crippen LogP contribution in [0.3, 0.4) is 0 Å². The minimum Gasteiger partial charge on any atom is -0.299 e. The molecule has 4 aliphatic rings. The molecule has 3 aliphatic heterocycles. The number of fused-ring (bicyclic) bond motifs is 4. The molecule has 3 saturated heterocycles. The fraction of sp³-hybridized carbons (Fsp3) is 0.611. The predicted octanol–water partition coefficient (Wildman–Crippen LogP) is 2.07. The van der Waals surface area contributed by atoms with Crippen LogP contribution >= 0.6 is 0 Å². The van der Waals surface area contributed by atoms with E-state index in [0.29, 0.717) is 11.7 Å². The van der Waals surface area contributed by atoms with Crippen LogP contribution in [0, 0.1) is 0 Å². The lowest BCUT2D eigenvalue weighted by molar-refractivity contribution is -0.129. The normalized spacial score (nSPS) is 34.5. The first-order chi connectivity index (χ1) is 10.3. The van der Waals surface area contributed by atoms with Crippen LogP contribution in [0.25, 0.3) is 0 Å². The highest BCUT2D eigenvalue weighted by atomic mass is 16.1.